The number of aliphatic hydroxyl groups excluding tert-OH is 1. The Labute approximate surface area is 117 Å². The molecule has 0 bridgehead atoms. The second kappa shape index (κ2) is 7.54. The van der Waals surface area contributed by atoms with Gasteiger partial charge in [0.25, 0.3) is 0 Å². The number of halogens is 1. The number of aromatic nitrogens is 3. The van der Waals surface area contributed by atoms with Crippen LogP contribution in [-0.2, 0) is 15.9 Å². The second-order valence-electron chi connectivity index (χ2n) is 4.60. The highest BCUT2D eigenvalue weighted by molar-refractivity contribution is 6.31. The first-order valence-electron chi connectivity index (χ1n) is 5.83. The van der Waals surface area contributed by atoms with Crippen molar-refractivity contribution in [1.29, 1.82) is 0 Å². The average molecular weight is 291 g/mol. The maximum atomic E-state index is 9.48. The van der Waals surface area contributed by atoms with Crippen LogP contribution >= 0.6 is 11.6 Å². The molecule has 19 heavy (non-hydrogen) atoms. The van der Waals surface area contributed by atoms with Gasteiger partial charge in [0.15, 0.2) is 16.8 Å². The van der Waals surface area contributed by atoms with E-state index in [2.05, 4.69) is 15.2 Å². The quantitative estimate of drug-likeness (QED) is 0.664. The van der Waals surface area contributed by atoms with Crippen LogP contribution in [0.15, 0.2) is 0 Å². The summed E-state index contributed by atoms with van der Waals surface area (Å²) in [4.78, 5) is 4.03. The molecule has 0 saturated carbocycles. The van der Waals surface area contributed by atoms with Crippen LogP contribution in [0.25, 0.3) is 0 Å². The minimum atomic E-state index is -0.504. The van der Waals surface area contributed by atoms with Crippen LogP contribution in [0.2, 0.25) is 5.15 Å². The second-order valence-corrected chi connectivity index (χ2v) is 4.95. The SMILES string of the molecule is COCCOCC(C)(CO)Cc1nnc(Cl)c(N)n1. The molecule has 0 amide bonds. The van der Waals surface area contributed by atoms with Crippen LogP contribution in [-0.4, -0.2) is 53.8 Å². The molecule has 108 valence electrons. The minimum Gasteiger partial charge on any atom is -0.396 e. The van der Waals surface area contributed by atoms with E-state index in [1.165, 1.54) is 0 Å². The van der Waals surface area contributed by atoms with E-state index in [9.17, 15) is 5.11 Å². The summed E-state index contributed by atoms with van der Waals surface area (Å²) < 4.78 is 10.3. The van der Waals surface area contributed by atoms with Gasteiger partial charge in [-0.2, -0.15) is 0 Å². The van der Waals surface area contributed by atoms with Gasteiger partial charge in [0.1, 0.15) is 0 Å². The van der Waals surface area contributed by atoms with E-state index in [0.717, 1.165) is 0 Å². The molecule has 0 spiro atoms. The summed E-state index contributed by atoms with van der Waals surface area (Å²) in [5.74, 6) is 0.557. The van der Waals surface area contributed by atoms with Crippen molar-refractivity contribution in [3.8, 4) is 0 Å². The van der Waals surface area contributed by atoms with Crippen LogP contribution in [0.5, 0.6) is 0 Å². The van der Waals surface area contributed by atoms with Gasteiger partial charge in [0.2, 0.25) is 0 Å². The summed E-state index contributed by atoms with van der Waals surface area (Å²) in [6, 6.07) is 0. The molecule has 1 unspecified atom stereocenters. The molecule has 1 aromatic rings. The van der Waals surface area contributed by atoms with Crippen LogP contribution < -0.4 is 5.73 Å². The number of nitrogen functional groups attached to an aromatic ring is 1. The number of methoxy groups -OCH3 is 1. The van der Waals surface area contributed by atoms with Gasteiger partial charge in [-0.3, -0.25) is 0 Å². The maximum Gasteiger partial charge on any atom is 0.193 e. The summed E-state index contributed by atoms with van der Waals surface area (Å²) in [7, 11) is 1.60. The van der Waals surface area contributed by atoms with Crippen molar-refractivity contribution in [1.82, 2.24) is 15.2 Å². The molecule has 1 aromatic heterocycles. The summed E-state index contributed by atoms with van der Waals surface area (Å²) in [6.07, 6.45) is 0.394. The zero-order valence-electron chi connectivity index (χ0n) is 11.1. The van der Waals surface area contributed by atoms with Crippen LogP contribution in [0.4, 0.5) is 5.82 Å². The van der Waals surface area contributed by atoms with E-state index < -0.39 is 5.41 Å². The number of aliphatic hydroxyl groups is 1. The fourth-order valence-corrected chi connectivity index (χ4v) is 1.51. The van der Waals surface area contributed by atoms with E-state index in [-0.39, 0.29) is 17.6 Å². The third kappa shape index (κ3) is 5.23. The molecule has 0 radical (unpaired) electrons. The van der Waals surface area contributed by atoms with Gasteiger partial charge in [-0.1, -0.05) is 18.5 Å². The average Bonchev–Trinajstić information content (AvgIpc) is 2.39. The lowest BCUT2D eigenvalue weighted by Crippen LogP contribution is -2.31. The number of anilines is 1. The standard InChI is InChI=1S/C11H19ClN4O3/c1-11(6-17,7-19-4-3-18-2)5-8-14-10(13)9(12)16-15-8/h17H,3-7H2,1-2H3,(H2,13,14,15). The Balaban J connectivity index is 2.60. The Bertz CT molecular complexity index is 408. The maximum absolute atomic E-state index is 9.48. The number of ether oxygens (including phenoxy) is 2. The lowest BCUT2D eigenvalue weighted by molar-refractivity contribution is -0.00309. The van der Waals surface area contributed by atoms with E-state index in [1.54, 1.807) is 7.11 Å². The minimum absolute atomic E-state index is 0.0636. The van der Waals surface area contributed by atoms with Crippen molar-refractivity contribution in [2.24, 2.45) is 5.41 Å². The van der Waals surface area contributed by atoms with E-state index in [0.29, 0.717) is 32.1 Å². The van der Waals surface area contributed by atoms with Gasteiger partial charge >= 0.3 is 0 Å². The molecule has 7 nitrogen and oxygen atoms in total. The smallest absolute Gasteiger partial charge is 0.193 e. The van der Waals surface area contributed by atoms with Gasteiger partial charge in [-0.25, -0.2) is 4.98 Å². The van der Waals surface area contributed by atoms with E-state index in [1.807, 2.05) is 6.92 Å². The molecular weight excluding hydrogens is 272 g/mol. The lowest BCUT2D eigenvalue weighted by atomic mass is 9.88. The molecular formula is C11H19ClN4O3. The molecule has 1 atom stereocenters. The van der Waals surface area contributed by atoms with E-state index in [4.69, 9.17) is 26.8 Å². The van der Waals surface area contributed by atoms with E-state index >= 15 is 0 Å². The molecule has 1 rings (SSSR count). The highest BCUT2D eigenvalue weighted by atomic mass is 35.5. The first kappa shape index (κ1) is 16.0. The molecule has 0 aliphatic heterocycles. The fraction of sp³-hybridized carbons (Fsp3) is 0.727. The normalized spacial score (nSPS) is 14.3. The summed E-state index contributed by atoms with van der Waals surface area (Å²) in [6.45, 7) is 3.14. The van der Waals surface area contributed by atoms with Crippen LogP contribution in [0, 0.1) is 5.41 Å². The third-order valence-electron chi connectivity index (χ3n) is 2.56. The Morgan fingerprint density at radius 2 is 2.11 bits per heavy atom. The van der Waals surface area contributed by atoms with Gasteiger partial charge in [0, 0.05) is 18.9 Å². The Kier molecular flexibility index (Phi) is 6.36. The molecule has 0 aromatic carbocycles. The zero-order chi connectivity index (χ0) is 14.3. The third-order valence-corrected chi connectivity index (χ3v) is 2.83. The zero-order valence-corrected chi connectivity index (χ0v) is 11.9. The number of rotatable bonds is 8. The lowest BCUT2D eigenvalue weighted by Gasteiger charge is -2.26. The number of nitrogens with zero attached hydrogens (tertiary/aromatic N) is 3. The summed E-state index contributed by atoms with van der Waals surface area (Å²) in [5, 5.41) is 17.1. The van der Waals surface area contributed by atoms with Crippen LogP contribution in [0.3, 0.4) is 0 Å². The molecule has 3 N–H and O–H groups in total. The van der Waals surface area contributed by atoms with Gasteiger partial charge in [0.05, 0.1) is 26.4 Å². The Morgan fingerprint density at radius 3 is 2.68 bits per heavy atom. The topological polar surface area (TPSA) is 103 Å². The first-order valence-corrected chi connectivity index (χ1v) is 6.20. The highest BCUT2D eigenvalue weighted by Gasteiger charge is 2.26. The van der Waals surface area contributed by atoms with Crippen molar-refractivity contribution in [3.63, 3.8) is 0 Å². The molecule has 8 heteroatoms. The number of nitrogens with two attached hydrogens (primary N) is 1. The monoisotopic (exact) mass is 290 g/mol. The Morgan fingerprint density at radius 1 is 1.37 bits per heavy atom. The highest BCUT2D eigenvalue weighted by Crippen LogP contribution is 2.22. The van der Waals surface area contributed by atoms with Crippen LogP contribution in [0.1, 0.15) is 12.7 Å². The van der Waals surface area contributed by atoms with Gasteiger partial charge in [-0.15, -0.1) is 10.2 Å². The fourth-order valence-electron chi connectivity index (χ4n) is 1.43. The molecule has 0 aliphatic carbocycles. The number of hydrogen-bond donors (Lipinski definition) is 2. The van der Waals surface area contributed by atoms with Gasteiger partial charge in [-0.05, 0) is 0 Å². The number of hydrogen-bond acceptors (Lipinski definition) is 7. The first-order chi connectivity index (χ1) is 9.00. The molecule has 0 aliphatic rings. The van der Waals surface area contributed by atoms with Crippen molar-refractivity contribution >= 4 is 17.4 Å². The molecule has 0 fully saturated rings. The van der Waals surface area contributed by atoms with Crippen molar-refractivity contribution in [2.45, 2.75) is 13.3 Å². The largest absolute Gasteiger partial charge is 0.396 e. The van der Waals surface area contributed by atoms with Gasteiger partial charge < -0.3 is 20.3 Å². The summed E-state index contributed by atoms with van der Waals surface area (Å²) >= 11 is 5.66. The summed E-state index contributed by atoms with van der Waals surface area (Å²) in [5.41, 5.74) is 5.06. The Hall–Kier alpha value is -1.02. The molecule has 0 saturated heterocycles. The van der Waals surface area contributed by atoms with Crippen molar-refractivity contribution in [2.75, 3.05) is 39.3 Å². The van der Waals surface area contributed by atoms with Crippen molar-refractivity contribution < 1.29 is 14.6 Å². The molecule has 1 heterocycles. The predicted molar refractivity (Wildman–Crippen MR) is 70.8 cm³/mol. The van der Waals surface area contributed by atoms with Crippen molar-refractivity contribution in [3.05, 3.63) is 11.0 Å². The predicted octanol–water partition coefficient (Wildman–Crippen LogP) is 0.311.